The van der Waals surface area contributed by atoms with Gasteiger partial charge < -0.3 is 0 Å². The second-order valence-corrected chi connectivity index (χ2v) is 7.19. The second-order valence-electron chi connectivity index (χ2n) is 6.27. The van der Waals surface area contributed by atoms with Gasteiger partial charge in [-0.3, -0.25) is 14.2 Å². The molecule has 0 atom stereocenters. The summed E-state index contributed by atoms with van der Waals surface area (Å²) in [6, 6.07) is 17.7. The van der Waals surface area contributed by atoms with Crippen LogP contribution in [0.1, 0.15) is 15.9 Å². The molecule has 0 saturated heterocycles. The highest BCUT2D eigenvalue weighted by Gasteiger charge is 2.18. The zero-order valence-corrected chi connectivity index (χ0v) is 15.4. The van der Waals surface area contributed by atoms with Crippen LogP contribution in [-0.4, -0.2) is 14.9 Å². The third-order valence-electron chi connectivity index (χ3n) is 4.44. The van der Waals surface area contributed by atoms with Crippen LogP contribution in [0.3, 0.4) is 0 Å². The first kappa shape index (κ1) is 17.2. The number of rotatable bonds is 4. The molecule has 6 heteroatoms. The lowest BCUT2D eigenvalue weighted by molar-refractivity contribution is 0.0971. The smallest absolute Gasteiger partial charge is 0.292 e. The average Bonchev–Trinajstić information content (AvgIpc) is 3.17. The van der Waals surface area contributed by atoms with E-state index in [1.807, 2.05) is 25.1 Å². The van der Waals surface area contributed by atoms with Crippen LogP contribution in [-0.2, 0) is 6.54 Å². The number of carbonyl (C=O) groups excluding carboxylic acids is 1. The van der Waals surface area contributed by atoms with Crippen molar-refractivity contribution in [3.63, 3.8) is 0 Å². The fourth-order valence-electron chi connectivity index (χ4n) is 3.02. The van der Waals surface area contributed by atoms with Gasteiger partial charge in [0.25, 0.3) is 5.56 Å². The predicted molar refractivity (Wildman–Crippen MR) is 107 cm³/mol. The van der Waals surface area contributed by atoms with E-state index < -0.39 is 5.69 Å². The van der Waals surface area contributed by atoms with E-state index in [0.717, 1.165) is 10.1 Å². The lowest BCUT2D eigenvalue weighted by Crippen LogP contribution is -2.39. The number of hydrogen-bond donors (Lipinski definition) is 0. The largest absolute Gasteiger partial charge is 0.336 e. The lowest BCUT2D eigenvalue weighted by atomic mass is 10.1. The number of fused-ring (bicyclic) bond motifs is 1. The van der Waals surface area contributed by atoms with Gasteiger partial charge in [-0.15, -0.1) is 11.3 Å². The Balaban J connectivity index is 1.92. The van der Waals surface area contributed by atoms with E-state index in [9.17, 15) is 14.4 Å². The molecule has 4 rings (SSSR count). The van der Waals surface area contributed by atoms with Gasteiger partial charge in [0.15, 0.2) is 5.78 Å². The zero-order valence-electron chi connectivity index (χ0n) is 14.6. The standard InChI is InChI=1S/C21H16N2O3S/c1-14-7-9-16(10-8-14)23-20(25)19-17(11-12-27-19)22(21(23)26)13-18(24)15-5-3-2-4-6-15/h2-12H,13H2,1H3. The first-order valence-corrected chi connectivity index (χ1v) is 9.32. The van der Waals surface area contributed by atoms with Crippen molar-refractivity contribution < 1.29 is 4.79 Å². The molecule has 0 aliphatic heterocycles. The third kappa shape index (κ3) is 3.04. The minimum atomic E-state index is -0.515. The van der Waals surface area contributed by atoms with E-state index in [0.29, 0.717) is 21.5 Å². The summed E-state index contributed by atoms with van der Waals surface area (Å²) in [6.45, 7) is 1.81. The van der Waals surface area contributed by atoms with Gasteiger partial charge in [-0.1, -0.05) is 48.0 Å². The maximum atomic E-state index is 13.1. The maximum Gasteiger partial charge on any atom is 0.336 e. The highest BCUT2D eigenvalue weighted by atomic mass is 32.1. The van der Waals surface area contributed by atoms with Crippen molar-refractivity contribution in [2.75, 3.05) is 0 Å². The van der Waals surface area contributed by atoms with Gasteiger partial charge in [-0.2, -0.15) is 0 Å². The molecule has 0 N–H and O–H groups in total. The van der Waals surface area contributed by atoms with Crippen LogP contribution in [0.2, 0.25) is 0 Å². The van der Waals surface area contributed by atoms with Crippen molar-refractivity contribution in [1.82, 2.24) is 9.13 Å². The molecule has 0 radical (unpaired) electrons. The van der Waals surface area contributed by atoms with Crippen LogP contribution in [0.4, 0.5) is 0 Å². The number of hydrogen-bond acceptors (Lipinski definition) is 4. The minimum Gasteiger partial charge on any atom is -0.292 e. The Morgan fingerprint density at radius 1 is 0.963 bits per heavy atom. The van der Waals surface area contributed by atoms with E-state index in [-0.39, 0.29) is 17.9 Å². The Morgan fingerprint density at radius 3 is 2.37 bits per heavy atom. The maximum absolute atomic E-state index is 13.1. The molecule has 134 valence electrons. The number of thiophene rings is 1. The highest BCUT2D eigenvalue weighted by molar-refractivity contribution is 7.17. The molecule has 0 unspecified atom stereocenters. The van der Waals surface area contributed by atoms with E-state index in [4.69, 9.17) is 0 Å². The first-order valence-electron chi connectivity index (χ1n) is 8.44. The summed E-state index contributed by atoms with van der Waals surface area (Å²) in [5, 5.41) is 1.76. The first-order chi connectivity index (χ1) is 13.1. The van der Waals surface area contributed by atoms with Gasteiger partial charge in [0.1, 0.15) is 4.70 Å². The molecule has 0 amide bonds. The monoisotopic (exact) mass is 376 g/mol. The van der Waals surface area contributed by atoms with Crippen molar-refractivity contribution in [2.24, 2.45) is 0 Å². The van der Waals surface area contributed by atoms with Gasteiger partial charge in [-0.05, 0) is 30.5 Å². The molecule has 0 aliphatic rings. The second kappa shape index (κ2) is 6.81. The van der Waals surface area contributed by atoms with E-state index in [1.165, 1.54) is 15.9 Å². The molecule has 2 aromatic heterocycles. The SMILES string of the molecule is Cc1ccc(-n2c(=O)c3sccc3n(CC(=O)c3ccccc3)c2=O)cc1. The van der Waals surface area contributed by atoms with Crippen molar-refractivity contribution in [3.8, 4) is 5.69 Å². The molecule has 27 heavy (non-hydrogen) atoms. The van der Waals surface area contributed by atoms with Crippen molar-refractivity contribution in [2.45, 2.75) is 13.5 Å². The fraction of sp³-hybridized carbons (Fsp3) is 0.0952. The Bertz CT molecular complexity index is 1250. The van der Waals surface area contributed by atoms with Crippen LogP contribution >= 0.6 is 11.3 Å². The summed E-state index contributed by atoms with van der Waals surface area (Å²) in [5.41, 5.74) is 1.66. The van der Waals surface area contributed by atoms with Gasteiger partial charge in [0, 0.05) is 5.56 Å². The Morgan fingerprint density at radius 2 is 1.67 bits per heavy atom. The minimum absolute atomic E-state index is 0.123. The molecule has 2 heterocycles. The summed E-state index contributed by atoms with van der Waals surface area (Å²) in [4.78, 5) is 38.7. The van der Waals surface area contributed by atoms with Crippen LogP contribution in [0.25, 0.3) is 15.9 Å². The fourth-order valence-corrected chi connectivity index (χ4v) is 3.84. The van der Waals surface area contributed by atoms with E-state index in [2.05, 4.69) is 0 Å². The van der Waals surface area contributed by atoms with E-state index in [1.54, 1.807) is 47.8 Å². The number of Topliss-reactive ketones (excluding diaryl/α,β-unsaturated/α-hetero) is 1. The number of nitrogens with zero attached hydrogens (tertiary/aromatic N) is 2. The number of benzene rings is 2. The topological polar surface area (TPSA) is 61.1 Å². The van der Waals surface area contributed by atoms with Gasteiger partial charge in [-0.25, -0.2) is 9.36 Å². The predicted octanol–water partition coefficient (Wildman–Crippen LogP) is 3.41. The van der Waals surface area contributed by atoms with Gasteiger partial charge in [0.05, 0.1) is 17.7 Å². The van der Waals surface area contributed by atoms with Crippen LogP contribution < -0.4 is 11.2 Å². The Kier molecular flexibility index (Phi) is 4.33. The molecule has 0 fully saturated rings. The molecule has 0 saturated carbocycles. The quantitative estimate of drug-likeness (QED) is 0.513. The van der Waals surface area contributed by atoms with Crippen LogP contribution in [0.15, 0.2) is 75.6 Å². The molecular weight excluding hydrogens is 360 g/mol. The average molecular weight is 376 g/mol. The van der Waals surface area contributed by atoms with Crippen molar-refractivity contribution in [1.29, 1.82) is 0 Å². The Hall–Kier alpha value is -3.25. The summed E-state index contributed by atoms with van der Waals surface area (Å²) >= 11 is 1.27. The summed E-state index contributed by atoms with van der Waals surface area (Å²) in [7, 11) is 0. The number of carbonyl (C=O) groups is 1. The number of ketones is 1. The molecule has 0 aliphatic carbocycles. The Labute approximate surface area is 158 Å². The summed E-state index contributed by atoms with van der Waals surface area (Å²) < 4.78 is 2.97. The molecular formula is C21H16N2O3S. The summed E-state index contributed by atoms with van der Waals surface area (Å²) in [6.07, 6.45) is 0. The van der Waals surface area contributed by atoms with Crippen LogP contribution in [0.5, 0.6) is 0 Å². The van der Waals surface area contributed by atoms with Crippen LogP contribution in [0, 0.1) is 6.92 Å². The molecule has 0 spiro atoms. The molecule has 5 nitrogen and oxygen atoms in total. The normalized spacial score (nSPS) is 11.0. The van der Waals surface area contributed by atoms with Crippen molar-refractivity contribution in [3.05, 3.63) is 98.0 Å². The van der Waals surface area contributed by atoms with Gasteiger partial charge >= 0.3 is 5.69 Å². The summed E-state index contributed by atoms with van der Waals surface area (Å²) in [5.74, 6) is -0.181. The molecule has 0 bridgehead atoms. The molecule has 4 aromatic rings. The van der Waals surface area contributed by atoms with Crippen molar-refractivity contribution >= 4 is 27.3 Å². The lowest BCUT2D eigenvalue weighted by Gasteiger charge is -2.12. The van der Waals surface area contributed by atoms with Gasteiger partial charge in [0.2, 0.25) is 0 Å². The third-order valence-corrected chi connectivity index (χ3v) is 5.34. The number of aryl methyl sites for hydroxylation is 1. The highest BCUT2D eigenvalue weighted by Crippen LogP contribution is 2.17. The molecule has 2 aromatic carbocycles. The zero-order chi connectivity index (χ0) is 19.0. The number of aromatic nitrogens is 2. The van der Waals surface area contributed by atoms with E-state index >= 15 is 0 Å².